The summed E-state index contributed by atoms with van der Waals surface area (Å²) in [5.74, 6) is -2.34. The molecule has 1 aliphatic heterocycles. The van der Waals surface area contributed by atoms with Crippen LogP contribution in [-0.2, 0) is 23.8 Å². The van der Waals surface area contributed by atoms with E-state index in [1.54, 1.807) is 61.8 Å². The molecule has 3 heterocycles. The number of ether oxygens (including phenoxy) is 5. The molecule has 0 bridgehead atoms. The summed E-state index contributed by atoms with van der Waals surface area (Å²) >= 11 is 0. The van der Waals surface area contributed by atoms with Crippen molar-refractivity contribution in [3.05, 3.63) is 76.4 Å². The number of aliphatic hydroxyl groups is 1. The first-order chi connectivity index (χ1) is 23.2. The number of pyridine rings is 1. The molecule has 1 N–H and O–H groups in total. The molecule has 0 spiro atoms. The fraction of sp³-hybridized carbons (Fsp3) is 0.486. The Hall–Kier alpha value is -4.71. The van der Waals surface area contributed by atoms with Crippen LogP contribution >= 0.6 is 0 Å². The predicted molar refractivity (Wildman–Crippen MR) is 174 cm³/mol. The van der Waals surface area contributed by atoms with Crippen molar-refractivity contribution in [2.24, 2.45) is 22.7 Å². The highest BCUT2D eigenvalue weighted by Gasteiger charge is 2.71. The summed E-state index contributed by atoms with van der Waals surface area (Å²) in [6.07, 6.45) is 1.11. The van der Waals surface area contributed by atoms with Gasteiger partial charge in [-0.3, -0.25) is 14.6 Å². The Kier molecular flexibility index (Phi) is 8.81. The van der Waals surface area contributed by atoms with Gasteiger partial charge >= 0.3 is 23.5 Å². The number of hydrogen-bond acceptors (Lipinski definition) is 12. The van der Waals surface area contributed by atoms with Crippen LogP contribution in [-0.4, -0.2) is 59.5 Å². The number of esters is 3. The second kappa shape index (κ2) is 12.6. The number of benzene rings is 1. The monoisotopic (exact) mass is 675 g/mol. The van der Waals surface area contributed by atoms with Gasteiger partial charge in [0.25, 0.3) is 0 Å². The first kappa shape index (κ1) is 34.2. The molecule has 0 amide bonds. The number of para-hydroxylation sites is 1. The van der Waals surface area contributed by atoms with Gasteiger partial charge in [0.2, 0.25) is 0 Å². The maximum atomic E-state index is 13.9. The molecule has 1 aromatic carbocycles. The summed E-state index contributed by atoms with van der Waals surface area (Å²) in [5.41, 5.74) is -3.24. The maximum absolute atomic E-state index is 13.9. The zero-order valence-electron chi connectivity index (χ0n) is 28.4. The molecule has 0 radical (unpaired) electrons. The quantitative estimate of drug-likeness (QED) is 0.262. The lowest BCUT2D eigenvalue weighted by molar-refractivity contribution is -0.266. The van der Waals surface area contributed by atoms with Crippen LogP contribution in [0.1, 0.15) is 75.9 Å². The van der Waals surface area contributed by atoms with E-state index in [0.717, 1.165) is 0 Å². The van der Waals surface area contributed by atoms with Gasteiger partial charge in [0.1, 0.15) is 52.8 Å². The Balaban J connectivity index is 1.51. The van der Waals surface area contributed by atoms with E-state index in [9.17, 15) is 24.3 Å². The molecule has 3 aromatic rings. The lowest BCUT2D eigenvalue weighted by atomic mass is 9.42. The molecule has 3 unspecified atom stereocenters. The van der Waals surface area contributed by atoms with Gasteiger partial charge in [0.05, 0.1) is 13.2 Å². The van der Waals surface area contributed by atoms with E-state index in [0.29, 0.717) is 24.2 Å². The van der Waals surface area contributed by atoms with E-state index in [2.05, 4.69) is 4.98 Å². The standard InChI is InChI=1S/C37H41NO11/c1-20(39)45-19-36(4)27-17-29(48-33(42)23-11-7-8-12-24(23)44-6)37(5)32(35(27,3)14-13-28(36)46-21(2)40)31(41)30-26(49-37)16-25(47-34(30)43)22-10-9-15-38-18-22/h7-12,15-16,18,27-29,31-32,41H,13-14,17,19H2,1-6H3/t27?,28-,29-,31-,32?,35-,36?,37+/m0/s1. The van der Waals surface area contributed by atoms with Gasteiger partial charge in [0, 0.05) is 49.2 Å². The van der Waals surface area contributed by atoms with E-state index in [-0.39, 0.29) is 35.7 Å². The lowest BCUT2D eigenvalue weighted by Crippen LogP contribution is -2.71. The summed E-state index contributed by atoms with van der Waals surface area (Å²) in [7, 11) is 1.45. The third-order valence-electron chi connectivity index (χ3n) is 11.0. The summed E-state index contributed by atoms with van der Waals surface area (Å²) in [5, 5.41) is 12.3. The number of fused-ring (bicyclic) bond motifs is 4. The molecule has 49 heavy (non-hydrogen) atoms. The van der Waals surface area contributed by atoms with E-state index >= 15 is 0 Å². The van der Waals surface area contributed by atoms with Crippen molar-refractivity contribution in [3.8, 4) is 22.8 Å². The van der Waals surface area contributed by atoms with Crippen LogP contribution in [0.2, 0.25) is 0 Å². The van der Waals surface area contributed by atoms with Crippen molar-refractivity contribution in [3.63, 3.8) is 0 Å². The largest absolute Gasteiger partial charge is 0.496 e. The van der Waals surface area contributed by atoms with Crippen LogP contribution in [0.15, 0.2) is 64.1 Å². The van der Waals surface area contributed by atoms with Crippen LogP contribution in [0.25, 0.3) is 11.3 Å². The summed E-state index contributed by atoms with van der Waals surface area (Å²) in [6.45, 7) is 8.19. The Morgan fingerprint density at radius 3 is 2.45 bits per heavy atom. The zero-order valence-corrected chi connectivity index (χ0v) is 28.4. The highest BCUT2D eigenvalue weighted by Crippen LogP contribution is 2.67. The van der Waals surface area contributed by atoms with Crippen molar-refractivity contribution in [2.75, 3.05) is 13.7 Å². The van der Waals surface area contributed by atoms with Gasteiger partial charge in [-0.25, -0.2) is 9.59 Å². The number of hydrogen-bond donors (Lipinski definition) is 1. The van der Waals surface area contributed by atoms with Crippen molar-refractivity contribution in [1.29, 1.82) is 0 Å². The van der Waals surface area contributed by atoms with Crippen molar-refractivity contribution in [2.45, 2.75) is 77.8 Å². The van der Waals surface area contributed by atoms with Gasteiger partial charge in [-0.1, -0.05) is 26.0 Å². The molecular formula is C37H41NO11. The Morgan fingerprint density at radius 1 is 1.02 bits per heavy atom. The van der Waals surface area contributed by atoms with Gasteiger partial charge in [-0.05, 0) is 61.8 Å². The number of carbonyl (C=O) groups is 3. The van der Waals surface area contributed by atoms with Crippen molar-refractivity contribution in [1.82, 2.24) is 4.98 Å². The van der Waals surface area contributed by atoms with Crippen molar-refractivity contribution < 1.29 is 47.6 Å². The Morgan fingerprint density at radius 2 is 1.78 bits per heavy atom. The van der Waals surface area contributed by atoms with E-state index < -0.39 is 70.1 Å². The summed E-state index contributed by atoms with van der Waals surface area (Å²) in [4.78, 5) is 56.2. The highest BCUT2D eigenvalue weighted by atomic mass is 16.6. The molecule has 260 valence electrons. The lowest BCUT2D eigenvalue weighted by Gasteiger charge is -2.66. The number of aliphatic hydroxyl groups excluding tert-OH is 1. The average Bonchev–Trinajstić information content (AvgIpc) is 3.06. The third kappa shape index (κ3) is 5.75. The molecule has 12 nitrogen and oxygen atoms in total. The fourth-order valence-electron chi connectivity index (χ4n) is 8.84. The fourth-order valence-corrected chi connectivity index (χ4v) is 8.84. The van der Waals surface area contributed by atoms with Gasteiger partial charge in [0.15, 0.2) is 0 Å². The molecule has 12 heteroatoms. The van der Waals surface area contributed by atoms with Crippen LogP contribution < -0.4 is 15.1 Å². The number of methoxy groups -OCH3 is 1. The number of aromatic nitrogens is 1. The second-order valence-corrected chi connectivity index (χ2v) is 13.9. The Bertz CT molecular complexity index is 1820. The van der Waals surface area contributed by atoms with Crippen LogP contribution in [0, 0.1) is 22.7 Å². The molecular weight excluding hydrogens is 634 g/mol. The number of nitrogens with zero attached hydrogens (tertiary/aromatic N) is 1. The van der Waals surface area contributed by atoms with Gasteiger partial charge in [-0.2, -0.15) is 0 Å². The van der Waals surface area contributed by atoms with Crippen LogP contribution in [0.3, 0.4) is 0 Å². The predicted octanol–water partition coefficient (Wildman–Crippen LogP) is 5.06. The second-order valence-electron chi connectivity index (χ2n) is 13.9. The van der Waals surface area contributed by atoms with E-state index in [4.69, 9.17) is 28.1 Å². The van der Waals surface area contributed by atoms with Gasteiger partial charge in [-0.15, -0.1) is 0 Å². The highest BCUT2D eigenvalue weighted by molar-refractivity contribution is 5.92. The minimum Gasteiger partial charge on any atom is -0.496 e. The first-order valence-electron chi connectivity index (χ1n) is 16.3. The molecule has 2 aromatic heterocycles. The van der Waals surface area contributed by atoms with Crippen LogP contribution in [0.4, 0.5) is 0 Å². The number of rotatable bonds is 7. The zero-order chi connectivity index (χ0) is 35.3. The molecule has 2 saturated carbocycles. The van der Waals surface area contributed by atoms with Crippen LogP contribution in [0.5, 0.6) is 11.5 Å². The first-order valence-corrected chi connectivity index (χ1v) is 16.3. The minimum absolute atomic E-state index is 0.0457. The smallest absolute Gasteiger partial charge is 0.345 e. The topological polar surface area (TPSA) is 161 Å². The molecule has 2 fully saturated rings. The maximum Gasteiger partial charge on any atom is 0.345 e. The molecule has 8 atom stereocenters. The normalized spacial score (nSPS) is 31.5. The molecule has 0 saturated heterocycles. The van der Waals surface area contributed by atoms with E-state index in [1.807, 2.05) is 13.8 Å². The number of carbonyl (C=O) groups excluding carboxylic acids is 3. The third-order valence-corrected chi connectivity index (χ3v) is 11.0. The molecule has 2 aliphatic carbocycles. The van der Waals surface area contributed by atoms with Crippen molar-refractivity contribution >= 4 is 17.9 Å². The summed E-state index contributed by atoms with van der Waals surface area (Å²) in [6, 6.07) is 11.7. The van der Waals surface area contributed by atoms with Gasteiger partial charge < -0.3 is 33.2 Å². The molecule has 3 aliphatic rings. The average molecular weight is 676 g/mol. The Labute approximate surface area is 283 Å². The van der Waals surface area contributed by atoms with E-state index in [1.165, 1.54) is 21.0 Å². The molecule has 6 rings (SSSR count). The SMILES string of the molecule is COc1ccccc1C(=O)O[C@H]1CC2C(C)(COC(C)=O)[C@@H](OC(C)=O)CC[C@]2(C)C2[C@@H](O)c3c(cc(-c4cccnc4)oc3=O)O[C@@]21C. The minimum atomic E-state index is -1.41. The summed E-state index contributed by atoms with van der Waals surface area (Å²) < 4.78 is 35.7.